The summed E-state index contributed by atoms with van der Waals surface area (Å²) in [6, 6.07) is -0.434. The molecule has 0 saturated carbocycles. The predicted molar refractivity (Wildman–Crippen MR) is 59.9 cm³/mol. The molecule has 4 nitrogen and oxygen atoms in total. The van der Waals surface area contributed by atoms with Gasteiger partial charge in [-0.25, -0.2) is 0 Å². The largest absolute Gasteiger partial charge is 0.480 e. The van der Waals surface area contributed by atoms with Crippen LogP contribution in [0.4, 0.5) is 0 Å². The molecule has 0 aromatic heterocycles. The van der Waals surface area contributed by atoms with Gasteiger partial charge in [-0.15, -0.1) is 0 Å². The average molecular weight is 214 g/mol. The first kappa shape index (κ1) is 12.5. The molecule has 2 N–H and O–H groups in total. The Kier molecular flexibility index (Phi) is 4.54. The van der Waals surface area contributed by atoms with Crippen LogP contribution in [-0.4, -0.2) is 48.7 Å². The van der Waals surface area contributed by atoms with Crippen LogP contribution in [0.2, 0.25) is 0 Å². The number of hydrogen-bond donors (Lipinski definition) is 2. The van der Waals surface area contributed by atoms with E-state index in [0.29, 0.717) is 12.5 Å². The summed E-state index contributed by atoms with van der Waals surface area (Å²) in [5.41, 5.74) is 0. The highest BCUT2D eigenvalue weighted by Gasteiger charge is 2.27. The number of nitrogens with zero attached hydrogens (tertiary/aromatic N) is 1. The average Bonchev–Trinajstić information content (AvgIpc) is 2.61. The first-order valence-corrected chi connectivity index (χ1v) is 5.67. The Hall–Kier alpha value is -0.610. The number of nitrogens with one attached hydrogen (secondary N) is 1. The number of carboxylic acid groups (broad SMARTS) is 1. The Labute approximate surface area is 91.6 Å². The fourth-order valence-corrected chi connectivity index (χ4v) is 2.12. The summed E-state index contributed by atoms with van der Waals surface area (Å²) < 4.78 is 0. The van der Waals surface area contributed by atoms with Gasteiger partial charge in [0.05, 0.1) is 0 Å². The molecule has 2 atom stereocenters. The molecule has 15 heavy (non-hydrogen) atoms. The van der Waals surface area contributed by atoms with Gasteiger partial charge in [-0.1, -0.05) is 13.8 Å². The van der Waals surface area contributed by atoms with Crippen molar-refractivity contribution in [1.29, 1.82) is 0 Å². The van der Waals surface area contributed by atoms with Crippen molar-refractivity contribution in [3.8, 4) is 0 Å². The number of aliphatic carboxylic acids is 1. The van der Waals surface area contributed by atoms with E-state index in [1.54, 1.807) is 7.05 Å². The fourth-order valence-electron chi connectivity index (χ4n) is 2.12. The van der Waals surface area contributed by atoms with Gasteiger partial charge in [-0.3, -0.25) is 4.79 Å². The number of rotatable bonds is 5. The van der Waals surface area contributed by atoms with Crippen molar-refractivity contribution in [2.45, 2.75) is 26.3 Å². The summed E-state index contributed by atoms with van der Waals surface area (Å²) in [6.07, 6.45) is 1.20. The smallest absolute Gasteiger partial charge is 0.322 e. The number of likely N-dealkylation sites (tertiary alicyclic amines) is 1. The third-order valence-electron chi connectivity index (χ3n) is 3.34. The summed E-state index contributed by atoms with van der Waals surface area (Å²) in [4.78, 5) is 13.1. The molecule has 0 amide bonds. The van der Waals surface area contributed by atoms with Crippen molar-refractivity contribution >= 4 is 5.97 Å². The van der Waals surface area contributed by atoms with Gasteiger partial charge in [0.1, 0.15) is 6.04 Å². The summed E-state index contributed by atoms with van der Waals surface area (Å²) in [5, 5.41) is 11.8. The van der Waals surface area contributed by atoms with Crippen molar-refractivity contribution in [1.82, 2.24) is 10.2 Å². The summed E-state index contributed by atoms with van der Waals surface area (Å²) in [6.45, 7) is 7.17. The third kappa shape index (κ3) is 3.47. The van der Waals surface area contributed by atoms with Crippen LogP contribution in [0.1, 0.15) is 20.3 Å². The molecule has 1 rings (SSSR count). The van der Waals surface area contributed by atoms with E-state index in [2.05, 4.69) is 24.1 Å². The van der Waals surface area contributed by atoms with Gasteiger partial charge in [0.15, 0.2) is 0 Å². The highest BCUT2D eigenvalue weighted by Crippen LogP contribution is 2.23. The second kappa shape index (κ2) is 5.47. The van der Waals surface area contributed by atoms with Crippen LogP contribution < -0.4 is 5.32 Å². The lowest BCUT2D eigenvalue weighted by atomic mass is 9.95. The molecule has 1 heterocycles. The molecule has 1 aliphatic heterocycles. The van der Waals surface area contributed by atoms with E-state index in [0.717, 1.165) is 19.0 Å². The van der Waals surface area contributed by atoms with Crippen LogP contribution >= 0.6 is 0 Å². The lowest BCUT2D eigenvalue weighted by Crippen LogP contribution is -2.44. The maximum atomic E-state index is 10.8. The first-order chi connectivity index (χ1) is 7.04. The molecule has 1 aliphatic rings. The quantitative estimate of drug-likeness (QED) is 0.705. The zero-order valence-corrected chi connectivity index (χ0v) is 9.86. The van der Waals surface area contributed by atoms with Crippen molar-refractivity contribution in [2.24, 2.45) is 11.8 Å². The molecule has 4 heteroatoms. The maximum Gasteiger partial charge on any atom is 0.322 e. The van der Waals surface area contributed by atoms with Gasteiger partial charge < -0.3 is 15.3 Å². The van der Waals surface area contributed by atoms with Crippen molar-refractivity contribution in [3.63, 3.8) is 0 Å². The molecule has 0 spiro atoms. The molecule has 0 aromatic carbocycles. The van der Waals surface area contributed by atoms with E-state index < -0.39 is 12.0 Å². The molecule has 88 valence electrons. The molecule has 1 fully saturated rings. The van der Waals surface area contributed by atoms with Gasteiger partial charge in [0.2, 0.25) is 0 Å². The summed E-state index contributed by atoms with van der Waals surface area (Å²) >= 11 is 0. The van der Waals surface area contributed by atoms with Crippen LogP contribution in [-0.2, 0) is 4.79 Å². The number of hydrogen-bond acceptors (Lipinski definition) is 3. The van der Waals surface area contributed by atoms with Crippen LogP contribution in [0.5, 0.6) is 0 Å². The minimum Gasteiger partial charge on any atom is -0.480 e. The first-order valence-electron chi connectivity index (χ1n) is 5.67. The van der Waals surface area contributed by atoms with Gasteiger partial charge >= 0.3 is 5.97 Å². The Balaban J connectivity index is 2.37. The number of carboxylic acids is 1. The summed E-state index contributed by atoms with van der Waals surface area (Å²) in [7, 11) is 1.70. The van der Waals surface area contributed by atoms with Crippen molar-refractivity contribution < 1.29 is 9.90 Å². The van der Waals surface area contributed by atoms with Crippen molar-refractivity contribution in [3.05, 3.63) is 0 Å². The zero-order valence-electron chi connectivity index (χ0n) is 9.86. The molecular formula is C11H22N2O2. The highest BCUT2D eigenvalue weighted by atomic mass is 16.4. The van der Waals surface area contributed by atoms with E-state index >= 15 is 0 Å². The van der Waals surface area contributed by atoms with Crippen LogP contribution in [0.3, 0.4) is 0 Å². The van der Waals surface area contributed by atoms with E-state index in [1.165, 1.54) is 6.42 Å². The zero-order chi connectivity index (χ0) is 11.4. The van der Waals surface area contributed by atoms with Crippen LogP contribution in [0.15, 0.2) is 0 Å². The Morgan fingerprint density at radius 3 is 2.67 bits per heavy atom. The van der Waals surface area contributed by atoms with E-state index in [1.807, 2.05) is 0 Å². The Morgan fingerprint density at radius 1 is 1.60 bits per heavy atom. The van der Waals surface area contributed by atoms with Crippen LogP contribution in [0.25, 0.3) is 0 Å². The Bertz CT molecular complexity index is 219. The lowest BCUT2D eigenvalue weighted by Gasteiger charge is -2.21. The third-order valence-corrected chi connectivity index (χ3v) is 3.34. The molecule has 0 bridgehead atoms. The highest BCUT2D eigenvalue weighted by molar-refractivity contribution is 5.73. The molecule has 0 aliphatic carbocycles. The van der Waals surface area contributed by atoms with Crippen LogP contribution in [0, 0.1) is 11.8 Å². The SMILES string of the molecule is CNC(CN1CCC(C(C)C)C1)C(=O)O. The predicted octanol–water partition coefficient (Wildman–Crippen LogP) is 0.637. The normalized spacial score (nSPS) is 24.7. The maximum absolute atomic E-state index is 10.8. The minimum atomic E-state index is -0.759. The molecule has 1 saturated heterocycles. The topological polar surface area (TPSA) is 52.6 Å². The standard InChI is InChI=1S/C11H22N2O2/c1-8(2)9-4-5-13(6-9)7-10(12-3)11(14)15/h8-10,12H,4-7H2,1-3H3,(H,14,15). The van der Waals surface area contributed by atoms with E-state index in [4.69, 9.17) is 5.11 Å². The van der Waals surface area contributed by atoms with Gasteiger partial charge in [0, 0.05) is 13.1 Å². The van der Waals surface area contributed by atoms with Gasteiger partial charge in [-0.2, -0.15) is 0 Å². The second-order valence-electron chi connectivity index (χ2n) is 4.73. The van der Waals surface area contributed by atoms with E-state index in [9.17, 15) is 4.79 Å². The lowest BCUT2D eigenvalue weighted by molar-refractivity contribution is -0.139. The minimum absolute atomic E-state index is 0.434. The summed E-state index contributed by atoms with van der Waals surface area (Å²) in [5.74, 6) is 0.676. The fraction of sp³-hybridized carbons (Fsp3) is 0.909. The number of carbonyl (C=O) groups is 1. The monoisotopic (exact) mass is 214 g/mol. The van der Waals surface area contributed by atoms with E-state index in [-0.39, 0.29) is 0 Å². The van der Waals surface area contributed by atoms with Gasteiger partial charge in [-0.05, 0) is 31.8 Å². The molecule has 0 aromatic rings. The second-order valence-corrected chi connectivity index (χ2v) is 4.73. The Morgan fingerprint density at radius 2 is 2.27 bits per heavy atom. The molecule has 0 radical (unpaired) electrons. The number of likely N-dealkylation sites (N-methyl/N-ethyl adjacent to an activating group) is 1. The molecule has 2 unspecified atom stereocenters. The molecular weight excluding hydrogens is 192 g/mol. The van der Waals surface area contributed by atoms with Gasteiger partial charge in [0.25, 0.3) is 0 Å². The van der Waals surface area contributed by atoms with Crippen molar-refractivity contribution in [2.75, 3.05) is 26.7 Å².